The van der Waals surface area contributed by atoms with E-state index in [-0.39, 0.29) is 18.0 Å². The van der Waals surface area contributed by atoms with E-state index >= 15 is 0 Å². The third-order valence-corrected chi connectivity index (χ3v) is 5.67. The molecular formula is C19H27ClF2N4. The first-order chi connectivity index (χ1) is 12.5. The van der Waals surface area contributed by atoms with Crippen LogP contribution in [-0.4, -0.2) is 56.6 Å². The van der Waals surface area contributed by atoms with E-state index in [9.17, 15) is 8.78 Å². The molecule has 1 heterocycles. The van der Waals surface area contributed by atoms with E-state index in [1.165, 1.54) is 5.56 Å². The molecule has 1 saturated carbocycles. The molecule has 2 N–H and O–H groups in total. The minimum absolute atomic E-state index is 0.123. The number of rotatable bonds is 6. The van der Waals surface area contributed by atoms with Crippen molar-refractivity contribution in [3.8, 4) is 0 Å². The van der Waals surface area contributed by atoms with Crippen LogP contribution in [0.5, 0.6) is 0 Å². The average Bonchev–Trinajstić information content (AvgIpc) is 3.41. The van der Waals surface area contributed by atoms with Crippen molar-refractivity contribution in [2.75, 3.05) is 33.2 Å². The van der Waals surface area contributed by atoms with Gasteiger partial charge in [0, 0.05) is 43.2 Å². The first-order valence-corrected chi connectivity index (χ1v) is 9.62. The maximum atomic E-state index is 12.5. The van der Waals surface area contributed by atoms with Crippen LogP contribution < -0.4 is 10.6 Å². The van der Waals surface area contributed by atoms with E-state index in [0.717, 1.165) is 43.2 Å². The minimum Gasteiger partial charge on any atom is -0.356 e. The molecule has 0 radical (unpaired) electrons. The summed E-state index contributed by atoms with van der Waals surface area (Å²) in [6.45, 7) is 2.09. The Kier molecular flexibility index (Phi) is 6.35. The summed E-state index contributed by atoms with van der Waals surface area (Å²) in [7, 11) is 1.76. The lowest BCUT2D eigenvalue weighted by atomic mass is 9.96. The van der Waals surface area contributed by atoms with Crippen LogP contribution in [0.25, 0.3) is 0 Å². The molecule has 1 aliphatic heterocycles. The van der Waals surface area contributed by atoms with E-state index in [4.69, 9.17) is 11.6 Å². The zero-order valence-electron chi connectivity index (χ0n) is 15.1. The fourth-order valence-electron chi connectivity index (χ4n) is 3.63. The predicted octanol–water partition coefficient (Wildman–Crippen LogP) is 3.27. The fraction of sp³-hybridized carbons (Fsp3) is 0.632. The fourth-order valence-corrected chi connectivity index (χ4v) is 3.82. The Balaban J connectivity index is 1.47. The molecule has 0 spiro atoms. The first-order valence-electron chi connectivity index (χ1n) is 9.24. The van der Waals surface area contributed by atoms with Gasteiger partial charge in [0.05, 0.1) is 6.54 Å². The van der Waals surface area contributed by atoms with Crippen molar-refractivity contribution in [3.05, 3.63) is 34.9 Å². The molecular weight excluding hydrogens is 358 g/mol. The number of halogens is 3. The van der Waals surface area contributed by atoms with Crippen molar-refractivity contribution in [1.82, 2.24) is 15.5 Å². The highest BCUT2D eigenvalue weighted by Gasteiger charge is 2.44. The van der Waals surface area contributed by atoms with Crippen LogP contribution in [0.2, 0.25) is 5.02 Å². The molecule has 2 aliphatic rings. The average molecular weight is 385 g/mol. The molecule has 144 valence electrons. The summed E-state index contributed by atoms with van der Waals surface area (Å²) in [5.41, 5.74) is 1.41. The maximum Gasteiger partial charge on any atom is 0.251 e. The molecule has 7 heteroatoms. The van der Waals surface area contributed by atoms with Crippen LogP contribution in [0.1, 0.15) is 31.2 Å². The zero-order valence-corrected chi connectivity index (χ0v) is 15.9. The summed E-state index contributed by atoms with van der Waals surface area (Å²) in [6.07, 6.45) is 1.74. The molecule has 1 aliphatic carbocycles. The van der Waals surface area contributed by atoms with Gasteiger partial charge in [0.25, 0.3) is 6.43 Å². The number of nitrogens with one attached hydrogen (secondary N) is 2. The normalized spacial score (nSPS) is 21.0. The second-order valence-electron chi connectivity index (χ2n) is 7.33. The predicted molar refractivity (Wildman–Crippen MR) is 102 cm³/mol. The number of hydrogen-bond donors (Lipinski definition) is 2. The van der Waals surface area contributed by atoms with E-state index < -0.39 is 6.43 Å². The highest BCUT2D eigenvalue weighted by molar-refractivity contribution is 6.30. The van der Waals surface area contributed by atoms with Crippen molar-refractivity contribution in [3.63, 3.8) is 0 Å². The molecule has 0 aromatic heterocycles. The third kappa shape index (κ3) is 5.07. The topological polar surface area (TPSA) is 39.7 Å². The number of piperidine rings is 1. The van der Waals surface area contributed by atoms with E-state index in [2.05, 4.69) is 21.7 Å². The monoisotopic (exact) mass is 384 g/mol. The van der Waals surface area contributed by atoms with Crippen LogP contribution >= 0.6 is 11.6 Å². The molecule has 0 unspecified atom stereocenters. The van der Waals surface area contributed by atoms with Gasteiger partial charge in [-0.3, -0.25) is 9.89 Å². The van der Waals surface area contributed by atoms with Crippen LogP contribution in [0.3, 0.4) is 0 Å². The van der Waals surface area contributed by atoms with Crippen molar-refractivity contribution >= 4 is 17.6 Å². The van der Waals surface area contributed by atoms with E-state index in [1.807, 2.05) is 23.1 Å². The van der Waals surface area contributed by atoms with E-state index in [1.54, 1.807) is 7.05 Å². The van der Waals surface area contributed by atoms with Crippen molar-refractivity contribution in [1.29, 1.82) is 0 Å². The van der Waals surface area contributed by atoms with Gasteiger partial charge in [-0.2, -0.15) is 0 Å². The lowest BCUT2D eigenvalue weighted by Gasteiger charge is -2.33. The van der Waals surface area contributed by atoms with Crippen LogP contribution in [0.15, 0.2) is 29.3 Å². The second-order valence-corrected chi connectivity index (χ2v) is 7.76. The highest BCUT2D eigenvalue weighted by atomic mass is 35.5. The molecule has 4 nitrogen and oxygen atoms in total. The Hall–Kier alpha value is -1.40. The van der Waals surface area contributed by atoms with Crippen molar-refractivity contribution < 1.29 is 8.78 Å². The Morgan fingerprint density at radius 1 is 1.35 bits per heavy atom. The largest absolute Gasteiger partial charge is 0.356 e. The van der Waals surface area contributed by atoms with Crippen LogP contribution in [0.4, 0.5) is 8.78 Å². The maximum absolute atomic E-state index is 12.5. The first kappa shape index (κ1) is 19.4. The molecule has 1 aromatic rings. The second kappa shape index (κ2) is 8.53. The van der Waals surface area contributed by atoms with Gasteiger partial charge in [0.2, 0.25) is 0 Å². The number of guanidine groups is 1. The summed E-state index contributed by atoms with van der Waals surface area (Å²) in [5, 5.41) is 7.65. The number of nitrogens with zero attached hydrogens (tertiary/aromatic N) is 2. The molecule has 1 saturated heterocycles. The SMILES string of the molecule is CN=C(NCC1(c2cccc(Cl)c2)CC1)NC1CCN(CC(F)F)CC1. The number of hydrogen-bond acceptors (Lipinski definition) is 2. The van der Waals surface area contributed by atoms with Gasteiger partial charge >= 0.3 is 0 Å². The molecule has 3 rings (SSSR count). The lowest BCUT2D eigenvalue weighted by Crippen LogP contribution is -2.50. The quantitative estimate of drug-likeness (QED) is 0.584. The van der Waals surface area contributed by atoms with Gasteiger partial charge < -0.3 is 10.6 Å². The van der Waals surface area contributed by atoms with Gasteiger partial charge in [-0.15, -0.1) is 0 Å². The molecule has 2 fully saturated rings. The number of benzene rings is 1. The van der Waals surface area contributed by atoms with Gasteiger partial charge in [-0.05, 0) is 43.4 Å². The Labute approximate surface area is 159 Å². The Morgan fingerprint density at radius 2 is 2.08 bits per heavy atom. The molecule has 1 aromatic carbocycles. The Bertz CT molecular complexity index is 626. The smallest absolute Gasteiger partial charge is 0.251 e. The molecule has 0 amide bonds. The number of likely N-dealkylation sites (tertiary alicyclic amines) is 1. The summed E-state index contributed by atoms with van der Waals surface area (Å²) in [5.74, 6) is 0.783. The van der Waals surface area contributed by atoms with Crippen molar-refractivity contribution in [2.45, 2.75) is 43.6 Å². The van der Waals surface area contributed by atoms with Gasteiger partial charge in [-0.25, -0.2) is 8.78 Å². The van der Waals surface area contributed by atoms with E-state index in [0.29, 0.717) is 13.1 Å². The highest BCUT2D eigenvalue weighted by Crippen LogP contribution is 2.48. The summed E-state index contributed by atoms with van der Waals surface area (Å²) in [6, 6.07) is 8.35. The lowest BCUT2D eigenvalue weighted by molar-refractivity contribution is 0.0744. The van der Waals surface area contributed by atoms with Crippen LogP contribution in [0, 0.1) is 0 Å². The molecule has 0 bridgehead atoms. The van der Waals surface area contributed by atoms with Gasteiger partial charge in [0.1, 0.15) is 0 Å². The molecule has 26 heavy (non-hydrogen) atoms. The summed E-state index contributed by atoms with van der Waals surface area (Å²) in [4.78, 5) is 6.16. The third-order valence-electron chi connectivity index (χ3n) is 5.43. The summed E-state index contributed by atoms with van der Waals surface area (Å²) >= 11 is 6.13. The minimum atomic E-state index is -2.25. The standard InChI is InChI=1S/C19H27ClF2N4/c1-23-18(25-16-5-9-26(10-6-16)12-17(21)22)24-13-19(7-8-19)14-3-2-4-15(20)11-14/h2-4,11,16-17H,5-10,12-13H2,1H3,(H2,23,24,25). The van der Waals surface area contributed by atoms with Crippen molar-refractivity contribution in [2.24, 2.45) is 4.99 Å². The number of alkyl halides is 2. The zero-order chi connectivity index (χ0) is 18.6. The summed E-state index contributed by atoms with van der Waals surface area (Å²) < 4.78 is 24.9. The molecule has 0 atom stereocenters. The number of aliphatic imine (C=N–C) groups is 1. The van der Waals surface area contributed by atoms with Gasteiger partial charge in [0.15, 0.2) is 5.96 Å². The van der Waals surface area contributed by atoms with Crippen LogP contribution in [-0.2, 0) is 5.41 Å². The Morgan fingerprint density at radius 3 is 2.65 bits per heavy atom. The van der Waals surface area contributed by atoms with Gasteiger partial charge in [-0.1, -0.05) is 23.7 Å².